The molecule has 3 aromatic carbocycles. The maximum atomic E-state index is 14.6. The average molecular weight is 458 g/mol. The number of nitrogens with zero attached hydrogens (tertiary/aromatic N) is 3. The molecule has 34 heavy (non-hydrogen) atoms. The van der Waals surface area contributed by atoms with Gasteiger partial charge in [-0.3, -0.25) is 9.69 Å². The number of halogens is 1. The molecule has 0 radical (unpaired) electrons. The standard InChI is InChI=1S/C27H24FN3O3/c28-22-8-4-3-7-21(22)23-14-24(19-9-10-25-26(13-19)34-17-33-25)31(29-23)27(32)16-30-12-11-18-5-1-2-6-20(18)15-30/h1-10,13,24H,11-12,14-17H2. The lowest BCUT2D eigenvalue weighted by Gasteiger charge is -2.30. The summed E-state index contributed by atoms with van der Waals surface area (Å²) >= 11 is 0. The van der Waals surface area contributed by atoms with Gasteiger partial charge in [0.1, 0.15) is 5.82 Å². The third-order valence-electron chi connectivity index (χ3n) is 6.70. The number of benzene rings is 3. The fourth-order valence-electron chi connectivity index (χ4n) is 4.93. The second-order valence-electron chi connectivity index (χ2n) is 8.83. The van der Waals surface area contributed by atoms with Crippen LogP contribution in [0.2, 0.25) is 0 Å². The molecule has 0 aliphatic carbocycles. The van der Waals surface area contributed by atoms with E-state index in [9.17, 15) is 9.18 Å². The number of hydrogen-bond acceptors (Lipinski definition) is 5. The van der Waals surface area contributed by atoms with E-state index in [4.69, 9.17) is 9.47 Å². The maximum absolute atomic E-state index is 14.6. The van der Waals surface area contributed by atoms with Gasteiger partial charge in [-0.25, -0.2) is 9.40 Å². The van der Waals surface area contributed by atoms with Crippen molar-refractivity contribution in [2.75, 3.05) is 19.9 Å². The van der Waals surface area contributed by atoms with Crippen molar-refractivity contribution in [1.29, 1.82) is 0 Å². The predicted molar refractivity (Wildman–Crippen MR) is 125 cm³/mol. The smallest absolute Gasteiger partial charge is 0.257 e. The molecule has 0 bridgehead atoms. The lowest BCUT2D eigenvalue weighted by Crippen LogP contribution is -2.40. The predicted octanol–water partition coefficient (Wildman–Crippen LogP) is 4.29. The molecular formula is C27H24FN3O3. The van der Waals surface area contributed by atoms with Gasteiger partial charge in [0.15, 0.2) is 11.5 Å². The summed E-state index contributed by atoms with van der Waals surface area (Å²) in [6, 6.07) is 20.2. The third-order valence-corrected chi connectivity index (χ3v) is 6.70. The average Bonchev–Trinajstić information content (AvgIpc) is 3.51. The zero-order chi connectivity index (χ0) is 23.1. The number of ether oxygens (including phenoxy) is 2. The monoisotopic (exact) mass is 457 g/mol. The minimum absolute atomic E-state index is 0.103. The van der Waals surface area contributed by atoms with Crippen LogP contribution in [0.3, 0.4) is 0 Å². The number of amides is 1. The normalized spacial score (nSPS) is 19.1. The van der Waals surface area contributed by atoms with Gasteiger partial charge in [-0.2, -0.15) is 5.10 Å². The summed E-state index contributed by atoms with van der Waals surface area (Å²) in [6.07, 6.45) is 1.34. The molecule has 0 fully saturated rings. The maximum Gasteiger partial charge on any atom is 0.257 e. The molecule has 1 unspecified atom stereocenters. The Morgan fingerprint density at radius 3 is 2.68 bits per heavy atom. The number of carbonyl (C=O) groups is 1. The summed E-state index contributed by atoms with van der Waals surface area (Å²) in [5.41, 5.74) is 4.47. The van der Waals surface area contributed by atoms with Crippen LogP contribution in [-0.2, 0) is 17.8 Å². The lowest BCUT2D eigenvalue weighted by molar-refractivity contribution is -0.134. The number of hydrogen-bond donors (Lipinski definition) is 0. The highest BCUT2D eigenvalue weighted by molar-refractivity contribution is 6.03. The van der Waals surface area contributed by atoms with Crippen LogP contribution in [0.25, 0.3) is 0 Å². The van der Waals surface area contributed by atoms with E-state index in [0.717, 1.165) is 25.1 Å². The zero-order valence-corrected chi connectivity index (χ0v) is 18.6. The summed E-state index contributed by atoms with van der Waals surface area (Å²) in [7, 11) is 0. The van der Waals surface area contributed by atoms with Crippen LogP contribution in [0.15, 0.2) is 71.8 Å². The molecule has 1 amide bonds. The van der Waals surface area contributed by atoms with Gasteiger partial charge in [0, 0.05) is 25.1 Å². The number of carbonyl (C=O) groups excluding carboxylic acids is 1. The van der Waals surface area contributed by atoms with E-state index in [-0.39, 0.29) is 31.1 Å². The SMILES string of the molecule is O=C(CN1CCc2ccccc2C1)N1N=C(c2ccccc2F)CC1c1ccc2c(c1)OCO2. The third kappa shape index (κ3) is 3.82. The summed E-state index contributed by atoms with van der Waals surface area (Å²) in [5.74, 6) is 0.889. The van der Waals surface area contributed by atoms with E-state index in [2.05, 4.69) is 28.2 Å². The largest absolute Gasteiger partial charge is 0.454 e. The van der Waals surface area contributed by atoms with Crippen LogP contribution < -0.4 is 9.47 Å². The van der Waals surface area contributed by atoms with Crippen molar-refractivity contribution in [1.82, 2.24) is 9.91 Å². The van der Waals surface area contributed by atoms with E-state index >= 15 is 0 Å². The molecule has 3 aliphatic rings. The van der Waals surface area contributed by atoms with E-state index in [1.807, 2.05) is 24.3 Å². The van der Waals surface area contributed by atoms with Crippen LogP contribution in [0.1, 0.15) is 34.7 Å². The minimum atomic E-state index is -0.340. The van der Waals surface area contributed by atoms with Crippen molar-refractivity contribution >= 4 is 11.6 Å². The van der Waals surface area contributed by atoms with Crippen molar-refractivity contribution in [3.8, 4) is 11.5 Å². The van der Waals surface area contributed by atoms with Crippen molar-refractivity contribution < 1.29 is 18.7 Å². The molecular weight excluding hydrogens is 433 g/mol. The molecule has 3 aliphatic heterocycles. The van der Waals surface area contributed by atoms with Crippen LogP contribution in [-0.4, -0.2) is 41.4 Å². The molecule has 172 valence electrons. The van der Waals surface area contributed by atoms with Crippen molar-refractivity contribution in [2.45, 2.75) is 25.4 Å². The molecule has 1 atom stereocenters. The van der Waals surface area contributed by atoms with Crippen molar-refractivity contribution in [3.05, 3.63) is 94.8 Å². The highest BCUT2D eigenvalue weighted by Gasteiger charge is 2.35. The van der Waals surface area contributed by atoms with Crippen molar-refractivity contribution in [2.24, 2.45) is 5.10 Å². The van der Waals surface area contributed by atoms with Gasteiger partial charge in [0.2, 0.25) is 6.79 Å². The second-order valence-corrected chi connectivity index (χ2v) is 8.83. The summed E-state index contributed by atoms with van der Waals surface area (Å²) in [6.45, 7) is 1.98. The Balaban J connectivity index is 1.29. The summed E-state index contributed by atoms with van der Waals surface area (Å²) < 4.78 is 25.6. The molecule has 6 nitrogen and oxygen atoms in total. The topological polar surface area (TPSA) is 54.4 Å². The first kappa shape index (κ1) is 20.9. The van der Waals surface area contributed by atoms with Gasteiger partial charge in [-0.1, -0.05) is 48.5 Å². The molecule has 3 aromatic rings. The fourth-order valence-corrected chi connectivity index (χ4v) is 4.93. The van der Waals surface area contributed by atoms with E-state index in [1.165, 1.54) is 22.2 Å². The lowest BCUT2D eigenvalue weighted by atomic mass is 9.97. The summed E-state index contributed by atoms with van der Waals surface area (Å²) in [4.78, 5) is 15.7. The Kier molecular flexibility index (Phi) is 5.26. The number of fused-ring (bicyclic) bond motifs is 2. The highest BCUT2D eigenvalue weighted by atomic mass is 19.1. The zero-order valence-electron chi connectivity index (χ0n) is 18.6. The van der Waals surface area contributed by atoms with Gasteiger partial charge < -0.3 is 9.47 Å². The number of rotatable bonds is 4. The van der Waals surface area contributed by atoms with Gasteiger partial charge in [0.25, 0.3) is 5.91 Å². The summed E-state index contributed by atoms with van der Waals surface area (Å²) in [5, 5.41) is 6.17. The fraction of sp³-hybridized carbons (Fsp3) is 0.259. The first-order valence-electron chi connectivity index (χ1n) is 11.5. The Hall–Kier alpha value is -3.71. The number of hydrazone groups is 1. The quantitative estimate of drug-likeness (QED) is 0.587. The molecule has 0 N–H and O–H groups in total. The van der Waals surface area contributed by atoms with E-state index in [1.54, 1.807) is 18.2 Å². The molecule has 0 spiro atoms. The molecule has 6 rings (SSSR count). The first-order chi connectivity index (χ1) is 16.7. The van der Waals surface area contributed by atoms with Gasteiger partial charge >= 0.3 is 0 Å². The van der Waals surface area contributed by atoms with Crippen LogP contribution in [0.4, 0.5) is 4.39 Å². The minimum Gasteiger partial charge on any atom is -0.454 e. The van der Waals surface area contributed by atoms with E-state index in [0.29, 0.717) is 29.2 Å². The second kappa shape index (κ2) is 8.57. The molecule has 0 aromatic heterocycles. The Bertz CT molecular complexity index is 1290. The Labute approximate surface area is 197 Å². The Morgan fingerprint density at radius 1 is 1.00 bits per heavy atom. The van der Waals surface area contributed by atoms with Crippen LogP contribution in [0, 0.1) is 5.82 Å². The van der Waals surface area contributed by atoms with Gasteiger partial charge in [0.05, 0.1) is 18.3 Å². The molecule has 7 heteroatoms. The molecule has 3 heterocycles. The highest BCUT2D eigenvalue weighted by Crippen LogP contribution is 2.39. The van der Waals surface area contributed by atoms with Crippen molar-refractivity contribution in [3.63, 3.8) is 0 Å². The Morgan fingerprint density at radius 2 is 1.79 bits per heavy atom. The van der Waals surface area contributed by atoms with Crippen LogP contribution >= 0.6 is 0 Å². The van der Waals surface area contributed by atoms with Crippen LogP contribution in [0.5, 0.6) is 11.5 Å². The van der Waals surface area contributed by atoms with E-state index < -0.39 is 0 Å². The first-order valence-corrected chi connectivity index (χ1v) is 11.5. The van der Waals surface area contributed by atoms with Gasteiger partial charge in [-0.05, 0) is 41.3 Å². The molecule has 0 saturated heterocycles. The van der Waals surface area contributed by atoms with Gasteiger partial charge in [-0.15, -0.1) is 0 Å². The molecule has 0 saturated carbocycles.